The van der Waals surface area contributed by atoms with E-state index in [1.165, 1.54) is 16.2 Å². The molecule has 2 aliphatic heterocycles. The zero-order valence-electron chi connectivity index (χ0n) is 32.4. The summed E-state index contributed by atoms with van der Waals surface area (Å²) in [5.41, 5.74) is 0.380. The van der Waals surface area contributed by atoms with Crippen LogP contribution >= 0.6 is 19.1 Å². The zero-order chi connectivity index (χ0) is 40.0. The summed E-state index contributed by atoms with van der Waals surface area (Å²) in [6, 6.07) is 9.23. The quantitative estimate of drug-likeness (QED) is 0.143. The van der Waals surface area contributed by atoms with E-state index < -0.39 is 61.2 Å². The summed E-state index contributed by atoms with van der Waals surface area (Å²) in [5, 5.41) is 10.2. The van der Waals surface area contributed by atoms with E-state index in [9.17, 15) is 23.7 Å². The molecule has 2 saturated carbocycles. The molecular formula is C40H51N6O9PS. The van der Waals surface area contributed by atoms with Gasteiger partial charge in [-0.15, -0.1) is 11.3 Å². The summed E-state index contributed by atoms with van der Waals surface area (Å²) in [6.45, 7) is 3.33. The lowest BCUT2D eigenvalue weighted by Gasteiger charge is -2.30. The summed E-state index contributed by atoms with van der Waals surface area (Å²) < 4.78 is 36.4. The van der Waals surface area contributed by atoms with E-state index in [1.54, 1.807) is 13.8 Å². The maximum atomic E-state index is 14.7. The summed E-state index contributed by atoms with van der Waals surface area (Å²) in [4.78, 5) is 68.5. The number of carbonyl (C=O) groups is 4. The fourth-order valence-electron chi connectivity index (χ4n) is 7.96. The number of aromatic nitrogens is 2. The molecule has 17 heteroatoms. The number of rotatable bonds is 11. The molecule has 1 aromatic carbocycles. The normalized spacial score (nSPS) is 26.4. The number of allylic oxidation sites excluding steroid dienone is 1. The number of thiophene rings is 1. The van der Waals surface area contributed by atoms with Crippen LogP contribution in [0.4, 0.5) is 4.79 Å². The predicted molar refractivity (Wildman–Crippen MR) is 213 cm³/mol. The molecule has 3 N–H and O–H groups in total. The van der Waals surface area contributed by atoms with Gasteiger partial charge in [0.1, 0.15) is 35.5 Å². The number of alkyl carbamates (subject to hydrolysis) is 1. The van der Waals surface area contributed by atoms with Crippen molar-refractivity contribution in [2.45, 2.75) is 114 Å². The standard InChI is InChI=1S/C40H51N6O9PS/c1-3-52-56(51,53-4-2)45-38(49)40-24-26(40)15-8-6-5-7-9-20-31(43-39(50)55-27-16-10-11-17-27)37(48)46-25-28(23-32(46)35(47)44-40)54-36-34(33-21-14-22-57-33)41-29-18-12-13-19-30(29)42-36/h8,12-15,18-19,21-22,26-28,31-32H,3-7,9-11,16-17,20,23-25H2,1-2H3,(H,43,50)(H,44,47)(H,45,49,51)/b15-8-/t26?,28-,31+,32+,40-/m1/s1. The molecule has 5 atom stereocenters. The fourth-order valence-corrected chi connectivity index (χ4v) is 10.00. The number of nitrogens with one attached hydrogen (secondary N) is 3. The van der Waals surface area contributed by atoms with Crippen molar-refractivity contribution in [1.29, 1.82) is 0 Å². The van der Waals surface area contributed by atoms with Gasteiger partial charge in [-0.25, -0.2) is 19.3 Å². The Morgan fingerprint density at radius 1 is 0.965 bits per heavy atom. The topological polar surface area (TPSA) is 187 Å². The third-order valence-corrected chi connectivity index (χ3v) is 13.5. The SMILES string of the molecule is CCOP(=O)(NC(=O)[C@@]12CC1/C=C\CCCCC[C@H](NC(=O)OC1CCCC1)C(=O)N1C[C@H](Oc3nc4ccccc4nc3-c3cccs3)C[C@H]1C(=O)N2)OCC. The molecule has 1 saturated heterocycles. The zero-order valence-corrected chi connectivity index (χ0v) is 34.1. The van der Waals surface area contributed by atoms with Gasteiger partial charge in [0.2, 0.25) is 17.7 Å². The van der Waals surface area contributed by atoms with Crippen LogP contribution in [0.25, 0.3) is 21.6 Å². The van der Waals surface area contributed by atoms with E-state index in [-0.39, 0.29) is 44.6 Å². The van der Waals surface area contributed by atoms with Crippen LogP contribution in [0, 0.1) is 5.92 Å². The van der Waals surface area contributed by atoms with Gasteiger partial charge in [0.05, 0.1) is 35.7 Å². The van der Waals surface area contributed by atoms with Gasteiger partial charge >= 0.3 is 13.8 Å². The molecule has 1 unspecified atom stereocenters. The largest absolute Gasteiger partial charge is 0.471 e. The molecule has 2 aliphatic carbocycles. The maximum absolute atomic E-state index is 14.7. The Morgan fingerprint density at radius 3 is 2.42 bits per heavy atom. The van der Waals surface area contributed by atoms with Gasteiger partial charge in [0.15, 0.2) is 0 Å². The highest BCUT2D eigenvalue weighted by Crippen LogP contribution is 2.50. The number of nitrogens with zero attached hydrogens (tertiary/aromatic N) is 3. The Labute approximate surface area is 336 Å². The highest BCUT2D eigenvalue weighted by molar-refractivity contribution is 7.52. The van der Waals surface area contributed by atoms with Crippen LogP contribution in [-0.2, 0) is 32.7 Å². The average Bonchev–Trinajstić information content (AvgIpc) is 3.68. The van der Waals surface area contributed by atoms with Crippen LogP contribution in [-0.4, -0.2) is 88.3 Å². The van der Waals surface area contributed by atoms with Gasteiger partial charge < -0.3 is 25.0 Å². The van der Waals surface area contributed by atoms with E-state index in [2.05, 4.69) is 15.7 Å². The average molecular weight is 823 g/mol. The van der Waals surface area contributed by atoms with Crippen LogP contribution in [0.3, 0.4) is 0 Å². The van der Waals surface area contributed by atoms with Gasteiger partial charge in [-0.1, -0.05) is 43.2 Å². The lowest BCUT2D eigenvalue weighted by atomic mass is 10.0. The molecule has 2 aromatic heterocycles. The van der Waals surface area contributed by atoms with Crippen molar-refractivity contribution in [3.8, 4) is 16.5 Å². The second kappa shape index (κ2) is 18.0. The molecular weight excluding hydrogens is 772 g/mol. The third kappa shape index (κ3) is 9.51. The van der Waals surface area contributed by atoms with Gasteiger partial charge in [0.25, 0.3) is 5.91 Å². The van der Waals surface area contributed by atoms with Crippen molar-refractivity contribution in [2.24, 2.45) is 5.92 Å². The van der Waals surface area contributed by atoms with Crippen molar-refractivity contribution in [3.63, 3.8) is 0 Å². The number of amides is 4. The molecule has 3 fully saturated rings. The summed E-state index contributed by atoms with van der Waals surface area (Å²) in [7, 11) is -4.04. The molecule has 7 rings (SSSR count). The Bertz CT molecular complexity index is 2000. The Morgan fingerprint density at radius 2 is 1.70 bits per heavy atom. The monoisotopic (exact) mass is 822 g/mol. The molecule has 4 aliphatic rings. The molecule has 57 heavy (non-hydrogen) atoms. The predicted octanol–water partition coefficient (Wildman–Crippen LogP) is 6.44. The van der Waals surface area contributed by atoms with E-state index in [1.807, 2.05) is 53.9 Å². The van der Waals surface area contributed by atoms with Crippen molar-refractivity contribution < 1.29 is 42.3 Å². The number of ether oxygens (including phenoxy) is 2. The summed E-state index contributed by atoms with van der Waals surface area (Å²) in [6.07, 6.45) is 9.44. The van der Waals surface area contributed by atoms with E-state index >= 15 is 0 Å². The minimum absolute atomic E-state index is 0.00241. The molecule has 15 nitrogen and oxygen atoms in total. The number of hydrogen-bond acceptors (Lipinski definition) is 12. The van der Waals surface area contributed by atoms with Crippen LogP contribution in [0.15, 0.2) is 53.9 Å². The maximum Gasteiger partial charge on any atom is 0.434 e. The number of carbonyl (C=O) groups excluding carboxylic acids is 4. The van der Waals surface area contributed by atoms with E-state index in [0.29, 0.717) is 36.0 Å². The Balaban J connectivity index is 1.20. The molecule has 4 heterocycles. The highest BCUT2D eigenvalue weighted by atomic mass is 32.1. The highest BCUT2D eigenvalue weighted by Gasteiger charge is 2.62. The Kier molecular flexibility index (Phi) is 12.9. The molecule has 3 aromatic rings. The second-order valence-electron chi connectivity index (χ2n) is 14.9. The van der Waals surface area contributed by atoms with E-state index in [4.69, 9.17) is 28.5 Å². The van der Waals surface area contributed by atoms with Gasteiger partial charge in [-0.05, 0) is 88.8 Å². The van der Waals surface area contributed by atoms with Crippen LogP contribution in [0.5, 0.6) is 5.88 Å². The first-order valence-corrected chi connectivity index (χ1v) is 22.5. The first-order chi connectivity index (χ1) is 27.6. The van der Waals surface area contributed by atoms with Crippen LogP contribution in [0.2, 0.25) is 0 Å². The number of fused-ring (bicyclic) bond motifs is 3. The molecule has 4 amide bonds. The number of para-hydroxylation sites is 2. The van der Waals surface area contributed by atoms with Gasteiger partial charge in [-0.2, -0.15) is 0 Å². The minimum Gasteiger partial charge on any atom is -0.471 e. The molecule has 0 bridgehead atoms. The van der Waals surface area contributed by atoms with Crippen molar-refractivity contribution >= 4 is 53.9 Å². The van der Waals surface area contributed by atoms with Crippen LogP contribution in [0.1, 0.15) is 84.5 Å². The number of hydrogen-bond donors (Lipinski definition) is 3. The van der Waals surface area contributed by atoms with Crippen molar-refractivity contribution in [1.82, 2.24) is 30.6 Å². The summed E-state index contributed by atoms with van der Waals surface area (Å²) in [5.74, 6) is -1.89. The lowest BCUT2D eigenvalue weighted by Crippen LogP contribution is -2.57. The smallest absolute Gasteiger partial charge is 0.434 e. The van der Waals surface area contributed by atoms with Gasteiger partial charge in [0, 0.05) is 12.3 Å². The first kappa shape index (κ1) is 40.8. The molecule has 306 valence electrons. The fraction of sp³-hybridized carbons (Fsp3) is 0.550. The molecule has 0 spiro atoms. The second-order valence-corrected chi connectivity index (χ2v) is 17.6. The lowest BCUT2D eigenvalue weighted by molar-refractivity contribution is -0.141. The third-order valence-electron chi connectivity index (χ3n) is 10.9. The minimum atomic E-state index is -4.04. The van der Waals surface area contributed by atoms with Crippen molar-refractivity contribution in [2.75, 3.05) is 19.8 Å². The Hall–Kier alpha value is -4.37. The van der Waals surface area contributed by atoms with Crippen LogP contribution < -0.4 is 20.5 Å². The van der Waals surface area contributed by atoms with Gasteiger partial charge in [-0.3, -0.25) is 28.5 Å². The molecule has 0 radical (unpaired) electrons. The van der Waals surface area contributed by atoms with Crippen molar-refractivity contribution in [3.05, 3.63) is 53.9 Å². The number of benzene rings is 1. The van der Waals surface area contributed by atoms with E-state index in [0.717, 1.165) is 43.4 Å². The summed E-state index contributed by atoms with van der Waals surface area (Å²) >= 11 is 1.49. The first-order valence-electron chi connectivity index (χ1n) is 20.1.